The molecule has 2 atom stereocenters. The van der Waals surface area contributed by atoms with E-state index in [-0.39, 0.29) is 0 Å². The molecule has 1 heterocycles. The Bertz CT molecular complexity index is 148. The van der Waals surface area contributed by atoms with Gasteiger partial charge in [0.2, 0.25) is 0 Å². The van der Waals surface area contributed by atoms with Crippen LogP contribution in [0.1, 0.15) is 26.2 Å². The normalized spacial score (nSPS) is 29.5. The van der Waals surface area contributed by atoms with Crippen molar-refractivity contribution in [2.75, 3.05) is 7.05 Å². The summed E-state index contributed by atoms with van der Waals surface area (Å²) in [6.45, 7) is 6.12. The first-order valence-corrected chi connectivity index (χ1v) is 5.04. The minimum atomic E-state index is 0.784. The maximum atomic E-state index is 3.97. The molecule has 0 bridgehead atoms. The molecule has 1 nitrogen and oxygen atoms in total. The number of hydrogen-bond acceptors (Lipinski definition) is 1. The summed E-state index contributed by atoms with van der Waals surface area (Å²) >= 11 is 0. The summed E-state index contributed by atoms with van der Waals surface area (Å²) in [5, 5.41) is 3.36. The zero-order valence-corrected chi connectivity index (χ0v) is 8.40. The first-order chi connectivity index (χ1) is 5.72. The van der Waals surface area contributed by atoms with E-state index in [0.29, 0.717) is 0 Å². The Morgan fingerprint density at radius 3 is 2.75 bits per heavy atom. The Labute approximate surface area is 76.9 Å². The van der Waals surface area contributed by atoms with E-state index in [2.05, 4.69) is 25.9 Å². The Balaban J connectivity index is 2.21. The molecule has 0 spiro atoms. The third-order valence-electron chi connectivity index (χ3n) is 2.89. The van der Waals surface area contributed by atoms with Crippen molar-refractivity contribution in [3.05, 3.63) is 12.2 Å². The van der Waals surface area contributed by atoms with Crippen LogP contribution < -0.4 is 5.32 Å². The zero-order valence-electron chi connectivity index (χ0n) is 8.40. The van der Waals surface area contributed by atoms with Gasteiger partial charge in [-0.25, -0.2) is 0 Å². The fourth-order valence-electron chi connectivity index (χ4n) is 2.15. The van der Waals surface area contributed by atoms with Gasteiger partial charge in [-0.2, -0.15) is 0 Å². The van der Waals surface area contributed by atoms with E-state index in [1.807, 2.05) is 0 Å². The van der Waals surface area contributed by atoms with Crippen LogP contribution in [0.15, 0.2) is 12.2 Å². The van der Waals surface area contributed by atoms with E-state index < -0.39 is 0 Å². The van der Waals surface area contributed by atoms with Crippen LogP contribution in [0, 0.1) is 5.92 Å². The van der Waals surface area contributed by atoms with Gasteiger partial charge in [-0.3, -0.25) is 0 Å². The minimum Gasteiger partial charge on any atom is -0.324 e. The van der Waals surface area contributed by atoms with Crippen molar-refractivity contribution in [3.63, 3.8) is 0 Å². The van der Waals surface area contributed by atoms with E-state index in [4.69, 9.17) is 0 Å². The number of allylic oxidation sites excluding steroid dienone is 1. The molecule has 1 saturated heterocycles. The third-order valence-corrected chi connectivity index (χ3v) is 2.89. The van der Waals surface area contributed by atoms with E-state index in [1.165, 1.54) is 38.4 Å². The monoisotopic (exact) mass is 165 g/mol. The number of hydrogen-bond donors (Lipinski definition) is 1. The largest absolute Gasteiger partial charge is 0.324 e. The second-order valence-corrected chi connectivity index (χ2v) is 4.17. The van der Waals surface area contributed by atoms with Crippen molar-refractivity contribution in [3.8, 4) is 0 Å². The Morgan fingerprint density at radius 1 is 1.58 bits per heavy atom. The van der Waals surface area contributed by atoms with Crippen molar-refractivity contribution in [1.82, 2.24) is 5.32 Å². The molecule has 0 saturated carbocycles. The fraction of sp³-hybridized carbons (Fsp3) is 0.800. The molecule has 1 fully saturated rings. The first-order valence-electron chi connectivity index (χ1n) is 5.04. The summed E-state index contributed by atoms with van der Waals surface area (Å²) in [5.74, 6) is 1.71. The van der Waals surface area contributed by atoms with Crippen LogP contribution in [0.5, 0.6) is 0 Å². The van der Waals surface area contributed by atoms with Crippen LogP contribution in [-0.4, -0.2) is 20.3 Å². The predicted octanol–water partition coefficient (Wildman–Crippen LogP) is 1.76. The van der Waals surface area contributed by atoms with Gasteiger partial charge in [-0.15, -0.1) is 6.58 Å². The highest BCUT2D eigenvalue weighted by atomic mass is 14.8. The summed E-state index contributed by atoms with van der Waals surface area (Å²) in [6.07, 6.45) is 5.38. The highest BCUT2D eigenvalue weighted by molar-refractivity contribution is 6.38. The topological polar surface area (TPSA) is 12.0 Å². The van der Waals surface area contributed by atoms with E-state index in [9.17, 15) is 0 Å². The maximum absolute atomic E-state index is 3.97. The second-order valence-electron chi connectivity index (χ2n) is 4.17. The van der Waals surface area contributed by atoms with Crippen LogP contribution in [-0.2, 0) is 0 Å². The molecule has 0 radical (unpaired) electrons. The predicted molar refractivity (Wildman–Crippen MR) is 57.0 cm³/mol. The smallest absolute Gasteiger partial charge is 0.142 e. The lowest BCUT2D eigenvalue weighted by molar-refractivity contribution is 0.452. The molecule has 12 heavy (non-hydrogen) atoms. The average molecular weight is 165 g/mol. The maximum Gasteiger partial charge on any atom is 0.142 e. The van der Waals surface area contributed by atoms with Crippen LogP contribution in [0.3, 0.4) is 0 Å². The Kier molecular flexibility index (Phi) is 3.86. The standard InChI is InChI=1S/C10H20BN/c1-8(2)6-9-4-5-10(12-3)11-7-9/h9-12H,1,4-7H2,2-3H3. The molecule has 0 aromatic carbocycles. The highest BCUT2D eigenvalue weighted by Gasteiger charge is 2.20. The molecule has 0 aliphatic carbocycles. The molecular formula is C10H20BN. The van der Waals surface area contributed by atoms with Gasteiger partial charge < -0.3 is 5.32 Å². The molecule has 1 aliphatic rings. The van der Waals surface area contributed by atoms with Crippen LogP contribution in [0.4, 0.5) is 0 Å². The van der Waals surface area contributed by atoms with Gasteiger partial charge in [0.25, 0.3) is 0 Å². The molecule has 0 amide bonds. The second kappa shape index (κ2) is 4.71. The van der Waals surface area contributed by atoms with Gasteiger partial charge in [-0.1, -0.05) is 18.3 Å². The first kappa shape index (κ1) is 9.85. The molecule has 68 valence electrons. The van der Waals surface area contributed by atoms with Gasteiger partial charge in [-0.05, 0) is 38.7 Å². The Hall–Kier alpha value is -0.235. The van der Waals surface area contributed by atoms with Gasteiger partial charge in [0.1, 0.15) is 7.28 Å². The van der Waals surface area contributed by atoms with Crippen LogP contribution in [0.2, 0.25) is 6.32 Å². The van der Waals surface area contributed by atoms with Gasteiger partial charge >= 0.3 is 0 Å². The van der Waals surface area contributed by atoms with E-state index >= 15 is 0 Å². The summed E-state index contributed by atoms with van der Waals surface area (Å²) in [7, 11) is 3.43. The van der Waals surface area contributed by atoms with Gasteiger partial charge in [0.15, 0.2) is 0 Å². The van der Waals surface area contributed by atoms with Crippen LogP contribution >= 0.6 is 0 Å². The average Bonchev–Trinajstić information content (AvgIpc) is 2.05. The Morgan fingerprint density at radius 2 is 2.33 bits per heavy atom. The summed E-state index contributed by atoms with van der Waals surface area (Å²) < 4.78 is 0. The minimum absolute atomic E-state index is 0.784. The number of rotatable bonds is 3. The van der Waals surface area contributed by atoms with Gasteiger partial charge in [0.05, 0.1) is 0 Å². The quantitative estimate of drug-likeness (QED) is 0.496. The SMILES string of the molecule is C=C(C)CC1CBC(NC)CC1. The summed E-state index contributed by atoms with van der Waals surface area (Å²) in [6, 6.07) is 0. The molecule has 1 aliphatic heterocycles. The highest BCUT2D eigenvalue weighted by Crippen LogP contribution is 2.25. The van der Waals surface area contributed by atoms with Crippen molar-refractivity contribution >= 4 is 7.28 Å². The molecule has 2 heteroatoms. The number of nitrogens with one attached hydrogen (secondary N) is 1. The van der Waals surface area contributed by atoms with Crippen molar-refractivity contribution in [2.45, 2.75) is 38.4 Å². The van der Waals surface area contributed by atoms with Crippen molar-refractivity contribution in [1.29, 1.82) is 0 Å². The third kappa shape index (κ3) is 3.02. The summed E-state index contributed by atoms with van der Waals surface area (Å²) in [5.41, 5.74) is 1.35. The lowest BCUT2D eigenvalue weighted by Gasteiger charge is -2.27. The molecule has 0 aromatic rings. The molecule has 1 rings (SSSR count). The molecule has 0 aromatic heterocycles. The van der Waals surface area contributed by atoms with Gasteiger partial charge in [0, 0.05) is 0 Å². The van der Waals surface area contributed by atoms with E-state index in [0.717, 1.165) is 11.9 Å². The molecular weight excluding hydrogens is 145 g/mol. The molecule has 1 N–H and O–H groups in total. The lowest BCUT2D eigenvalue weighted by atomic mass is 9.56. The summed E-state index contributed by atoms with van der Waals surface area (Å²) in [4.78, 5) is 0. The molecule has 2 unspecified atom stereocenters. The van der Waals surface area contributed by atoms with Crippen molar-refractivity contribution < 1.29 is 0 Å². The lowest BCUT2D eigenvalue weighted by Crippen LogP contribution is -2.36. The fourth-order valence-corrected chi connectivity index (χ4v) is 2.15. The van der Waals surface area contributed by atoms with Crippen molar-refractivity contribution in [2.24, 2.45) is 5.92 Å². The zero-order chi connectivity index (χ0) is 8.97. The van der Waals surface area contributed by atoms with E-state index in [1.54, 1.807) is 0 Å². The van der Waals surface area contributed by atoms with Crippen LogP contribution in [0.25, 0.3) is 0 Å².